The minimum Gasteiger partial charge on any atom is -0.261 e. The Bertz CT molecular complexity index is 1250. The summed E-state index contributed by atoms with van der Waals surface area (Å²) in [4.78, 5) is 8.56. The topological polar surface area (TPSA) is 128 Å². The molecule has 0 radical (unpaired) electrons. The van der Waals surface area contributed by atoms with Crippen LogP contribution in [0.5, 0.6) is 0 Å². The van der Waals surface area contributed by atoms with Crippen LogP contribution in [0, 0.1) is 0 Å². The van der Waals surface area contributed by atoms with Crippen molar-refractivity contribution >= 4 is 33.1 Å². The van der Waals surface area contributed by atoms with Crippen molar-refractivity contribution in [2.75, 3.05) is 5.43 Å². The number of nitrogens with two attached hydrogens (primary N) is 1. The van der Waals surface area contributed by atoms with Gasteiger partial charge in [-0.25, -0.2) is 28.2 Å². The van der Waals surface area contributed by atoms with Crippen molar-refractivity contribution in [2.45, 2.75) is 4.90 Å². The first-order valence-electron chi connectivity index (χ1n) is 8.18. The lowest BCUT2D eigenvalue weighted by Crippen LogP contribution is -2.11. The second-order valence-corrected chi connectivity index (χ2v) is 7.40. The number of hydrogen-bond acceptors (Lipinski definition) is 7. The summed E-state index contributed by atoms with van der Waals surface area (Å²) in [7, 11) is -3.71. The average Bonchev–Trinajstić information content (AvgIpc) is 3.13. The average molecular weight is 393 g/mol. The van der Waals surface area contributed by atoms with Crippen LogP contribution in [-0.4, -0.2) is 34.4 Å². The van der Waals surface area contributed by atoms with Crippen molar-refractivity contribution in [2.24, 2.45) is 10.2 Å². The van der Waals surface area contributed by atoms with E-state index in [4.69, 9.17) is 5.14 Å². The third-order valence-corrected chi connectivity index (χ3v) is 4.89. The van der Waals surface area contributed by atoms with E-state index in [1.807, 2.05) is 30.3 Å². The van der Waals surface area contributed by atoms with Crippen LogP contribution in [0.1, 0.15) is 5.56 Å². The van der Waals surface area contributed by atoms with E-state index in [0.29, 0.717) is 22.4 Å². The second kappa shape index (κ2) is 7.18. The van der Waals surface area contributed by atoms with Crippen molar-refractivity contribution in [1.82, 2.24) is 19.7 Å². The van der Waals surface area contributed by atoms with Gasteiger partial charge < -0.3 is 0 Å². The molecule has 0 saturated heterocycles. The number of para-hydroxylation sites is 1. The van der Waals surface area contributed by atoms with Gasteiger partial charge in [-0.2, -0.15) is 10.2 Å². The van der Waals surface area contributed by atoms with Crippen LogP contribution in [0.2, 0.25) is 0 Å². The number of benzene rings is 2. The van der Waals surface area contributed by atoms with Gasteiger partial charge in [-0.05, 0) is 29.8 Å². The first kappa shape index (κ1) is 17.8. The molecule has 0 spiro atoms. The molecule has 0 atom stereocenters. The number of anilines is 1. The van der Waals surface area contributed by atoms with E-state index >= 15 is 0 Å². The van der Waals surface area contributed by atoms with Gasteiger partial charge in [0, 0.05) is 0 Å². The van der Waals surface area contributed by atoms with Gasteiger partial charge in [0.15, 0.2) is 11.5 Å². The summed E-state index contributed by atoms with van der Waals surface area (Å²) in [6.07, 6.45) is 4.64. The molecule has 0 fully saturated rings. The van der Waals surface area contributed by atoms with Crippen molar-refractivity contribution < 1.29 is 8.42 Å². The number of primary sulfonamides is 1. The number of hydrogen-bond donors (Lipinski definition) is 2. The predicted molar refractivity (Wildman–Crippen MR) is 106 cm³/mol. The van der Waals surface area contributed by atoms with E-state index in [2.05, 4.69) is 25.6 Å². The fraction of sp³-hybridized carbons (Fsp3) is 0. The van der Waals surface area contributed by atoms with Crippen molar-refractivity contribution in [1.29, 1.82) is 0 Å². The molecule has 0 aliphatic rings. The Hall–Kier alpha value is -3.63. The number of nitrogens with zero attached hydrogens (tertiary/aromatic N) is 5. The van der Waals surface area contributed by atoms with Crippen LogP contribution < -0.4 is 10.6 Å². The Morgan fingerprint density at radius 2 is 1.79 bits per heavy atom. The summed E-state index contributed by atoms with van der Waals surface area (Å²) in [5.74, 6) is 0.504. The molecular weight excluding hydrogens is 378 g/mol. The van der Waals surface area contributed by atoms with E-state index < -0.39 is 10.0 Å². The molecule has 28 heavy (non-hydrogen) atoms. The second-order valence-electron chi connectivity index (χ2n) is 5.84. The smallest absolute Gasteiger partial charge is 0.238 e. The van der Waals surface area contributed by atoms with Crippen LogP contribution in [0.4, 0.5) is 5.82 Å². The third kappa shape index (κ3) is 3.59. The van der Waals surface area contributed by atoms with Gasteiger partial charge >= 0.3 is 0 Å². The van der Waals surface area contributed by atoms with Gasteiger partial charge in [0.2, 0.25) is 10.0 Å². The normalized spacial score (nSPS) is 11.9. The Kier molecular flexibility index (Phi) is 4.55. The van der Waals surface area contributed by atoms with Crippen molar-refractivity contribution in [3.63, 3.8) is 0 Å². The quantitative estimate of drug-likeness (QED) is 0.394. The van der Waals surface area contributed by atoms with Gasteiger partial charge in [-0.3, -0.25) is 5.43 Å². The molecule has 0 aliphatic heterocycles. The molecule has 0 amide bonds. The molecule has 2 aromatic carbocycles. The van der Waals surface area contributed by atoms with Gasteiger partial charge in [0.1, 0.15) is 6.33 Å². The van der Waals surface area contributed by atoms with Crippen LogP contribution in [-0.2, 0) is 10.0 Å². The summed E-state index contributed by atoms with van der Waals surface area (Å²) in [5.41, 5.74) is 5.11. The molecule has 2 heterocycles. The number of fused-ring (bicyclic) bond motifs is 1. The molecule has 4 aromatic rings. The highest BCUT2D eigenvalue weighted by Gasteiger charge is 2.10. The summed E-state index contributed by atoms with van der Waals surface area (Å²) in [5, 5.41) is 14.3. The number of hydrazone groups is 1. The molecule has 0 bridgehead atoms. The zero-order valence-corrected chi connectivity index (χ0v) is 15.3. The monoisotopic (exact) mass is 393 g/mol. The third-order valence-electron chi connectivity index (χ3n) is 3.96. The van der Waals surface area contributed by atoms with Crippen LogP contribution in [0.3, 0.4) is 0 Å². The lowest BCUT2D eigenvalue weighted by atomic mass is 10.2. The number of nitrogens with one attached hydrogen (secondary N) is 1. The summed E-state index contributed by atoms with van der Waals surface area (Å²) in [6, 6.07) is 15.7. The lowest BCUT2D eigenvalue weighted by Gasteiger charge is -2.03. The highest BCUT2D eigenvalue weighted by Crippen LogP contribution is 2.21. The first-order valence-corrected chi connectivity index (χ1v) is 9.73. The summed E-state index contributed by atoms with van der Waals surface area (Å²) >= 11 is 0. The van der Waals surface area contributed by atoms with Crippen LogP contribution in [0.25, 0.3) is 16.7 Å². The SMILES string of the molecule is NS(=O)(=O)c1ccc(/C=N/Nc2ncnc3c2cnn3-c2ccccc2)cc1. The highest BCUT2D eigenvalue weighted by molar-refractivity contribution is 7.89. The fourth-order valence-electron chi connectivity index (χ4n) is 2.60. The van der Waals surface area contributed by atoms with Gasteiger partial charge in [0.05, 0.1) is 28.4 Å². The largest absolute Gasteiger partial charge is 0.261 e. The number of sulfonamides is 1. The van der Waals surface area contributed by atoms with Gasteiger partial charge in [0.25, 0.3) is 0 Å². The highest BCUT2D eigenvalue weighted by atomic mass is 32.2. The van der Waals surface area contributed by atoms with E-state index in [-0.39, 0.29) is 4.90 Å². The Morgan fingerprint density at radius 3 is 2.50 bits per heavy atom. The van der Waals surface area contributed by atoms with E-state index in [1.165, 1.54) is 18.5 Å². The zero-order valence-electron chi connectivity index (χ0n) is 14.5. The van der Waals surface area contributed by atoms with Crippen molar-refractivity contribution in [3.05, 3.63) is 72.7 Å². The Morgan fingerprint density at radius 1 is 1.04 bits per heavy atom. The van der Waals surface area contributed by atoms with E-state index in [1.54, 1.807) is 29.2 Å². The summed E-state index contributed by atoms with van der Waals surface area (Å²) < 4.78 is 24.3. The van der Waals surface area contributed by atoms with Crippen LogP contribution >= 0.6 is 0 Å². The molecule has 9 nitrogen and oxygen atoms in total. The minimum atomic E-state index is -3.71. The molecule has 0 saturated carbocycles. The number of aromatic nitrogens is 4. The van der Waals surface area contributed by atoms with Crippen molar-refractivity contribution in [3.8, 4) is 5.69 Å². The molecular formula is C18H15N7O2S. The zero-order chi connectivity index (χ0) is 19.6. The van der Waals surface area contributed by atoms with Gasteiger partial charge in [-0.1, -0.05) is 30.3 Å². The van der Waals surface area contributed by atoms with E-state index in [9.17, 15) is 8.42 Å². The maximum atomic E-state index is 11.3. The lowest BCUT2D eigenvalue weighted by molar-refractivity contribution is 0.598. The Labute approximate surface area is 160 Å². The van der Waals surface area contributed by atoms with Gasteiger partial charge in [-0.15, -0.1) is 0 Å². The Balaban J connectivity index is 1.57. The molecule has 3 N–H and O–H groups in total. The summed E-state index contributed by atoms with van der Waals surface area (Å²) in [6.45, 7) is 0. The molecule has 4 rings (SSSR count). The van der Waals surface area contributed by atoms with E-state index in [0.717, 1.165) is 5.69 Å². The predicted octanol–water partition coefficient (Wildman–Crippen LogP) is 1.91. The molecule has 10 heteroatoms. The maximum Gasteiger partial charge on any atom is 0.238 e. The van der Waals surface area contributed by atoms with Crippen LogP contribution in [0.15, 0.2) is 77.1 Å². The fourth-order valence-corrected chi connectivity index (χ4v) is 3.12. The maximum absolute atomic E-state index is 11.3. The molecule has 0 aliphatic carbocycles. The molecule has 140 valence electrons. The molecule has 2 aromatic heterocycles. The standard InChI is InChI=1S/C18H15N7O2S/c19-28(26,27)15-8-6-13(7-9-15)10-22-24-17-16-11-23-25(18(16)21-12-20-17)14-4-2-1-3-5-14/h1-12H,(H2,19,26,27)(H,20,21,24)/b22-10+. The first-order chi connectivity index (χ1) is 13.5. The number of rotatable bonds is 5. The minimum absolute atomic E-state index is 0.0449. The molecule has 0 unspecified atom stereocenters.